The van der Waals surface area contributed by atoms with Crippen LogP contribution in [0.25, 0.3) is 11.5 Å². The van der Waals surface area contributed by atoms with Gasteiger partial charge in [-0.05, 0) is 37.0 Å². The van der Waals surface area contributed by atoms with E-state index in [-0.39, 0.29) is 23.8 Å². The number of primary amides is 1. The van der Waals surface area contributed by atoms with Crippen molar-refractivity contribution < 1.29 is 22.5 Å². The lowest BCUT2D eigenvalue weighted by Gasteiger charge is -2.37. The number of nitrogens with zero attached hydrogens (tertiary/aromatic N) is 4. The molecular weight excluding hydrogens is 387 g/mol. The molecule has 0 unspecified atom stereocenters. The third-order valence-electron chi connectivity index (χ3n) is 4.32. The zero-order valence-electron chi connectivity index (χ0n) is 16.3. The molecule has 7 nitrogen and oxygen atoms in total. The summed E-state index contributed by atoms with van der Waals surface area (Å²) in [5.41, 5.74) is 5.72. The van der Waals surface area contributed by atoms with Gasteiger partial charge < -0.3 is 10.3 Å². The Kier molecular flexibility index (Phi) is 6.97. The third-order valence-corrected chi connectivity index (χ3v) is 4.32. The van der Waals surface area contributed by atoms with Crippen molar-refractivity contribution >= 4 is 5.91 Å². The van der Waals surface area contributed by atoms with Gasteiger partial charge >= 0.3 is 6.18 Å². The van der Waals surface area contributed by atoms with Gasteiger partial charge in [0.05, 0.1) is 18.7 Å². The second kappa shape index (κ2) is 9.05. The number of carbonyl (C=O) groups excluding carboxylic acids is 1. The van der Waals surface area contributed by atoms with Gasteiger partial charge in [0, 0.05) is 5.56 Å². The highest BCUT2D eigenvalue weighted by Crippen LogP contribution is 2.40. The summed E-state index contributed by atoms with van der Waals surface area (Å²) >= 11 is 0. The number of nitrogens with two attached hydrogens (primary N) is 1. The van der Waals surface area contributed by atoms with Crippen LogP contribution in [0.2, 0.25) is 0 Å². The van der Waals surface area contributed by atoms with Crippen molar-refractivity contribution in [3.05, 3.63) is 35.7 Å². The first-order chi connectivity index (χ1) is 13.5. The molecule has 0 bridgehead atoms. The Balaban J connectivity index is 2.47. The van der Waals surface area contributed by atoms with Crippen LogP contribution in [0.3, 0.4) is 0 Å². The van der Waals surface area contributed by atoms with Crippen LogP contribution in [0.5, 0.6) is 0 Å². The number of hydrogen-bond donors (Lipinski definition) is 1. The van der Waals surface area contributed by atoms with Crippen LogP contribution in [0.4, 0.5) is 13.2 Å². The molecule has 2 aromatic rings. The molecule has 10 heteroatoms. The number of aryl methyl sites for hydroxylation is 1. The fourth-order valence-electron chi connectivity index (χ4n) is 3.12. The van der Waals surface area contributed by atoms with E-state index in [1.165, 1.54) is 24.3 Å². The fourth-order valence-corrected chi connectivity index (χ4v) is 3.12. The van der Waals surface area contributed by atoms with Crippen LogP contribution < -0.4 is 5.73 Å². The van der Waals surface area contributed by atoms with Crippen molar-refractivity contribution in [1.82, 2.24) is 15.0 Å². The minimum Gasteiger partial charge on any atom is -0.368 e. The second-order valence-electron chi connectivity index (χ2n) is 7.09. The summed E-state index contributed by atoms with van der Waals surface area (Å²) in [4.78, 5) is 16.8. The van der Waals surface area contributed by atoms with Gasteiger partial charge in [-0.3, -0.25) is 9.69 Å². The number of amides is 1. The number of aromatic nitrogens is 2. The van der Waals surface area contributed by atoms with E-state index >= 15 is 0 Å². The normalized spacial score (nSPS) is 14.0. The van der Waals surface area contributed by atoms with Gasteiger partial charge in [0.25, 0.3) is 5.89 Å². The van der Waals surface area contributed by atoms with Crippen molar-refractivity contribution in [2.75, 3.05) is 6.54 Å². The minimum atomic E-state index is -4.73. The predicted molar refractivity (Wildman–Crippen MR) is 98.0 cm³/mol. The standard InChI is InChI=1S/C19H22F3N5O2/c1-11(2)10-15(17(24)28)27(9-8-23)16(19(20,21)22)13-4-6-14(7-5-13)18-25-12(3)26-29-18/h4-7,11,15-16H,9-10H2,1-3H3,(H2,24,28)/t15-,16-/m0/s1. The Hall–Kier alpha value is -2.93. The summed E-state index contributed by atoms with van der Waals surface area (Å²) in [6.07, 6.45) is -4.63. The molecule has 0 aliphatic carbocycles. The highest BCUT2D eigenvalue weighted by molar-refractivity contribution is 5.80. The molecule has 1 heterocycles. The molecule has 1 aromatic heterocycles. The average molecular weight is 409 g/mol. The highest BCUT2D eigenvalue weighted by atomic mass is 19.4. The van der Waals surface area contributed by atoms with Gasteiger partial charge in [0.15, 0.2) is 5.82 Å². The number of carbonyl (C=O) groups is 1. The lowest BCUT2D eigenvalue weighted by atomic mass is 9.96. The molecule has 0 aliphatic rings. The quantitative estimate of drug-likeness (QED) is 0.670. The van der Waals surface area contributed by atoms with Crippen molar-refractivity contribution in [3.8, 4) is 17.5 Å². The van der Waals surface area contributed by atoms with Gasteiger partial charge in [0.1, 0.15) is 6.04 Å². The van der Waals surface area contributed by atoms with E-state index in [9.17, 15) is 18.0 Å². The van der Waals surface area contributed by atoms with Crippen molar-refractivity contribution in [2.24, 2.45) is 11.7 Å². The maximum Gasteiger partial charge on any atom is 0.408 e. The van der Waals surface area contributed by atoms with Gasteiger partial charge in [0.2, 0.25) is 5.91 Å². The van der Waals surface area contributed by atoms with Crippen molar-refractivity contribution in [3.63, 3.8) is 0 Å². The van der Waals surface area contributed by atoms with E-state index in [1.807, 2.05) is 0 Å². The molecule has 0 radical (unpaired) electrons. The predicted octanol–water partition coefficient (Wildman–Crippen LogP) is 3.37. The zero-order chi connectivity index (χ0) is 21.8. The maximum atomic E-state index is 14.0. The van der Waals surface area contributed by atoms with E-state index in [4.69, 9.17) is 15.5 Å². The molecule has 2 atom stereocenters. The Labute approximate surface area is 166 Å². The van der Waals surface area contributed by atoms with Gasteiger partial charge in [-0.1, -0.05) is 31.1 Å². The number of benzene rings is 1. The van der Waals surface area contributed by atoms with Crippen LogP contribution in [0, 0.1) is 24.2 Å². The summed E-state index contributed by atoms with van der Waals surface area (Å²) < 4.78 is 47.1. The summed E-state index contributed by atoms with van der Waals surface area (Å²) in [6, 6.07) is 3.70. The fraction of sp³-hybridized carbons (Fsp3) is 0.474. The molecule has 0 fully saturated rings. The molecule has 156 valence electrons. The molecule has 2 N–H and O–H groups in total. The van der Waals surface area contributed by atoms with E-state index in [1.54, 1.807) is 26.8 Å². The van der Waals surface area contributed by atoms with Crippen LogP contribution in [-0.2, 0) is 4.79 Å². The first kappa shape index (κ1) is 22.4. The maximum absolute atomic E-state index is 14.0. The molecular formula is C19H22F3N5O2. The van der Waals surface area contributed by atoms with Crippen LogP contribution >= 0.6 is 0 Å². The zero-order valence-corrected chi connectivity index (χ0v) is 16.3. The molecule has 0 aliphatic heterocycles. The van der Waals surface area contributed by atoms with Crippen LogP contribution in [0.15, 0.2) is 28.8 Å². The monoisotopic (exact) mass is 409 g/mol. The molecule has 0 saturated heterocycles. The molecule has 0 saturated carbocycles. The van der Waals surface area contributed by atoms with E-state index < -0.39 is 30.7 Å². The van der Waals surface area contributed by atoms with E-state index in [0.29, 0.717) is 11.4 Å². The number of halogens is 3. The van der Waals surface area contributed by atoms with Crippen molar-refractivity contribution in [1.29, 1.82) is 5.26 Å². The number of rotatable bonds is 8. The van der Waals surface area contributed by atoms with Crippen LogP contribution in [0.1, 0.15) is 37.7 Å². The Bertz CT molecular complexity index is 871. The Morgan fingerprint density at radius 3 is 2.34 bits per heavy atom. The first-order valence-electron chi connectivity index (χ1n) is 8.94. The van der Waals surface area contributed by atoms with E-state index in [2.05, 4.69) is 10.1 Å². The molecule has 1 aromatic carbocycles. The summed E-state index contributed by atoms with van der Waals surface area (Å²) in [7, 11) is 0. The lowest BCUT2D eigenvalue weighted by molar-refractivity contribution is -0.192. The molecule has 29 heavy (non-hydrogen) atoms. The van der Waals surface area contributed by atoms with Gasteiger partial charge in [-0.25, -0.2) is 0 Å². The van der Waals surface area contributed by atoms with Gasteiger partial charge in [-0.15, -0.1) is 0 Å². The topological polar surface area (TPSA) is 109 Å². The van der Waals surface area contributed by atoms with E-state index in [0.717, 1.165) is 4.90 Å². The summed E-state index contributed by atoms with van der Waals surface area (Å²) in [6.45, 7) is 4.56. The third kappa shape index (κ3) is 5.54. The summed E-state index contributed by atoms with van der Waals surface area (Å²) in [5.74, 6) is -0.413. The SMILES string of the molecule is Cc1noc(-c2ccc([C@H](N(CC#N)[C@@H](CC(C)C)C(N)=O)C(F)(F)F)cc2)n1. The summed E-state index contributed by atoms with van der Waals surface area (Å²) in [5, 5.41) is 12.8. The molecule has 1 amide bonds. The number of alkyl halides is 3. The molecule has 2 rings (SSSR count). The largest absolute Gasteiger partial charge is 0.408 e. The van der Waals surface area contributed by atoms with Crippen LogP contribution in [-0.4, -0.2) is 39.7 Å². The number of nitriles is 1. The Morgan fingerprint density at radius 1 is 1.31 bits per heavy atom. The smallest absolute Gasteiger partial charge is 0.368 e. The minimum absolute atomic E-state index is 0.0919. The van der Waals surface area contributed by atoms with Crippen molar-refractivity contribution in [2.45, 2.75) is 45.5 Å². The first-order valence-corrected chi connectivity index (χ1v) is 8.94. The molecule has 0 spiro atoms. The Morgan fingerprint density at radius 2 is 1.93 bits per heavy atom. The average Bonchev–Trinajstić information content (AvgIpc) is 3.05. The lowest BCUT2D eigenvalue weighted by Crippen LogP contribution is -2.51. The number of hydrogen-bond acceptors (Lipinski definition) is 6. The van der Waals surface area contributed by atoms with Gasteiger partial charge in [-0.2, -0.15) is 23.4 Å². The highest BCUT2D eigenvalue weighted by Gasteiger charge is 2.48. The second-order valence-corrected chi connectivity index (χ2v) is 7.09.